The van der Waals surface area contributed by atoms with E-state index in [-0.39, 0.29) is 0 Å². The van der Waals surface area contributed by atoms with Crippen molar-refractivity contribution in [2.45, 2.75) is 27.7 Å². The molecular weight excluding hydrogens is 204 g/mol. The van der Waals surface area contributed by atoms with Crippen LogP contribution in [0.4, 0.5) is 0 Å². The fourth-order valence-electron chi connectivity index (χ4n) is 2.03. The highest BCUT2D eigenvalue weighted by molar-refractivity contribution is 5.48. The van der Waals surface area contributed by atoms with E-state index in [0.29, 0.717) is 0 Å². The van der Waals surface area contributed by atoms with Gasteiger partial charge in [-0.3, -0.25) is 0 Å². The van der Waals surface area contributed by atoms with Gasteiger partial charge in [-0.15, -0.1) is 0 Å². The number of aryl methyl sites for hydroxylation is 2. The van der Waals surface area contributed by atoms with Crippen LogP contribution in [-0.2, 0) is 0 Å². The molecular formula is C17H19. The minimum Gasteiger partial charge on any atom is -0.0617 e. The highest BCUT2D eigenvalue weighted by Gasteiger charge is 2.05. The minimum atomic E-state index is 1.32. The summed E-state index contributed by atoms with van der Waals surface area (Å²) in [6.45, 7) is 8.70. The molecule has 2 aromatic carbocycles. The summed E-state index contributed by atoms with van der Waals surface area (Å²) in [6.07, 6.45) is 2.28. The summed E-state index contributed by atoms with van der Waals surface area (Å²) in [7, 11) is 0. The van der Waals surface area contributed by atoms with E-state index in [1.54, 1.807) is 0 Å². The molecule has 0 amide bonds. The maximum Gasteiger partial charge on any atom is 0.0204 e. The lowest BCUT2D eigenvalue weighted by molar-refractivity contribution is 1.24. The van der Waals surface area contributed by atoms with E-state index in [9.17, 15) is 0 Å². The van der Waals surface area contributed by atoms with Crippen LogP contribution >= 0.6 is 0 Å². The van der Waals surface area contributed by atoms with E-state index in [1.165, 1.54) is 33.4 Å². The minimum absolute atomic E-state index is 1.32. The molecule has 0 aromatic heterocycles. The molecule has 2 rings (SSSR count). The zero-order chi connectivity index (χ0) is 12.4. The predicted octanol–water partition coefficient (Wildman–Crippen LogP) is 4.52. The Bertz CT molecular complexity index is 486. The Labute approximate surface area is 104 Å². The van der Waals surface area contributed by atoms with Gasteiger partial charge >= 0.3 is 0 Å². The first-order valence-electron chi connectivity index (χ1n) is 6.07. The van der Waals surface area contributed by atoms with Crippen LogP contribution < -0.4 is 0 Å². The predicted molar refractivity (Wildman–Crippen MR) is 74.3 cm³/mol. The fraction of sp³-hybridized carbons (Fsp3) is 0.235. The van der Waals surface area contributed by atoms with Crippen molar-refractivity contribution < 1.29 is 0 Å². The van der Waals surface area contributed by atoms with E-state index < -0.39 is 0 Å². The maximum absolute atomic E-state index is 2.28. The van der Waals surface area contributed by atoms with Gasteiger partial charge in [0.2, 0.25) is 0 Å². The zero-order valence-corrected chi connectivity index (χ0v) is 11.0. The van der Waals surface area contributed by atoms with Crippen molar-refractivity contribution in [3.63, 3.8) is 0 Å². The Kier molecular flexibility index (Phi) is 3.33. The van der Waals surface area contributed by atoms with Crippen LogP contribution in [-0.4, -0.2) is 0 Å². The average Bonchev–Trinajstić information content (AvgIpc) is 2.31. The summed E-state index contributed by atoms with van der Waals surface area (Å²) in [6, 6.07) is 12.9. The van der Waals surface area contributed by atoms with Crippen LogP contribution in [0.25, 0.3) is 0 Å². The molecule has 0 saturated heterocycles. The Morgan fingerprint density at radius 3 is 1.47 bits per heavy atom. The monoisotopic (exact) mass is 223 g/mol. The van der Waals surface area contributed by atoms with Crippen molar-refractivity contribution in [3.05, 3.63) is 76.2 Å². The van der Waals surface area contributed by atoms with Crippen LogP contribution in [0.3, 0.4) is 0 Å². The number of benzene rings is 2. The largest absolute Gasteiger partial charge is 0.0617 e. The quantitative estimate of drug-likeness (QED) is 0.702. The van der Waals surface area contributed by atoms with Crippen molar-refractivity contribution >= 4 is 0 Å². The summed E-state index contributed by atoms with van der Waals surface area (Å²) in [4.78, 5) is 0. The highest BCUT2D eigenvalue weighted by Crippen LogP contribution is 2.22. The molecule has 0 unspecified atom stereocenters. The first-order valence-corrected chi connectivity index (χ1v) is 6.07. The van der Waals surface area contributed by atoms with Gasteiger partial charge in [0.1, 0.15) is 0 Å². The van der Waals surface area contributed by atoms with Crippen molar-refractivity contribution in [1.82, 2.24) is 0 Å². The second-order valence-electron chi connectivity index (χ2n) is 4.72. The SMILES string of the molecule is Cc1cccc([CH]c2cccc(C)c2C)c1C. The summed E-state index contributed by atoms with van der Waals surface area (Å²) in [5.74, 6) is 0. The van der Waals surface area contributed by atoms with Gasteiger partial charge in [0.25, 0.3) is 0 Å². The van der Waals surface area contributed by atoms with E-state index in [0.717, 1.165) is 0 Å². The molecule has 2 aromatic rings. The Morgan fingerprint density at radius 1 is 0.647 bits per heavy atom. The third-order valence-electron chi connectivity index (χ3n) is 3.60. The van der Waals surface area contributed by atoms with E-state index in [1.807, 2.05) is 0 Å². The van der Waals surface area contributed by atoms with Gasteiger partial charge in [-0.05, 0) is 61.1 Å². The molecule has 0 heteroatoms. The molecule has 0 nitrogen and oxygen atoms in total. The van der Waals surface area contributed by atoms with Gasteiger partial charge in [0.05, 0.1) is 0 Å². The summed E-state index contributed by atoms with van der Waals surface area (Å²) < 4.78 is 0. The van der Waals surface area contributed by atoms with Crippen molar-refractivity contribution in [2.75, 3.05) is 0 Å². The van der Waals surface area contributed by atoms with Gasteiger partial charge in [-0.2, -0.15) is 0 Å². The first-order chi connectivity index (χ1) is 8.09. The molecule has 17 heavy (non-hydrogen) atoms. The summed E-state index contributed by atoms with van der Waals surface area (Å²) in [5.41, 5.74) is 8.08. The zero-order valence-electron chi connectivity index (χ0n) is 11.0. The Hall–Kier alpha value is -1.56. The molecule has 0 N–H and O–H groups in total. The summed E-state index contributed by atoms with van der Waals surface area (Å²) in [5, 5.41) is 0. The van der Waals surface area contributed by atoms with Crippen LogP contribution in [0.15, 0.2) is 36.4 Å². The van der Waals surface area contributed by atoms with Crippen LogP contribution in [0.1, 0.15) is 33.4 Å². The molecule has 0 spiro atoms. The van der Waals surface area contributed by atoms with Crippen LogP contribution in [0.5, 0.6) is 0 Å². The van der Waals surface area contributed by atoms with Gasteiger partial charge in [0, 0.05) is 6.42 Å². The fourth-order valence-corrected chi connectivity index (χ4v) is 2.03. The van der Waals surface area contributed by atoms with Gasteiger partial charge in [-0.1, -0.05) is 36.4 Å². The molecule has 0 saturated carbocycles. The van der Waals surface area contributed by atoms with Gasteiger partial charge in [-0.25, -0.2) is 0 Å². The topological polar surface area (TPSA) is 0 Å². The van der Waals surface area contributed by atoms with Gasteiger partial charge in [0.15, 0.2) is 0 Å². The normalized spacial score (nSPS) is 10.6. The first kappa shape index (κ1) is 11.9. The van der Waals surface area contributed by atoms with Crippen molar-refractivity contribution in [2.24, 2.45) is 0 Å². The van der Waals surface area contributed by atoms with E-state index in [4.69, 9.17) is 0 Å². The standard InChI is InChI=1S/C17H19/c1-12-7-5-9-16(14(12)3)11-17-10-6-8-13(2)15(17)4/h5-11H,1-4H3. The van der Waals surface area contributed by atoms with E-state index >= 15 is 0 Å². The molecule has 87 valence electrons. The van der Waals surface area contributed by atoms with Crippen molar-refractivity contribution in [3.8, 4) is 0 Å². The molecule has 1 radical (unpaired) electrons. The lowest BCUT2D eigenvalue weighted by atomic mass is 9.93. The maximum atomic E-state index is 2.28. The number of rotatable bonds is 2. The smallest absolute Gasteiger partial charge is 0.0204 e. The molecule has 0 heterocycles. The summed E-state index contributed by atoms with van der Waals surface area (Å²) >= 11 is 0. The third kappa shape index (κ3) is 2.41. The molecule has 0 aliphatic heterocycles. The van der Waals surface area contributed by atoms with Crippen LogP contribution in [0.2, 0.25) is 0 Å². The van der Waals surface area contributed by atoms with Crippen LogP contribution in [0, 0.1) is 34.1 Å². The number of hydrogen-bond acceptors (Lipinski definition) is 0. The molecule has 0 bridgehead atoms. The van der Waals surface area contributed by atoms with Crippen molar-refractivity contribution in [1.29, 1.82) is 0 Å². The highest BCUT2D eigenvalue weighted by atomic mass is 14.1. The Balaban J connectivity index is 2.38. The average molecular weight is 223 g/mol. The molecule has 0 atom stereocenters. The van der Waals surface area contributed by atoms with Gasteiger partial charge < -0.3 is 0 Å². The molecule has 0 aliphatic rings. The third-order valence-corrected chi connectivity index (χ3v) is 3.60. The number of hydrogen-bond donors (Lipinski definition) is 0. The lowest BCUT2D eigenvalue weighted by Crippen LogP contribution is -1.95. The Morgan fingerprint density at radius 2 is 1.06 bits per heavy atom. The lowest BCUT2D eigenvalue weighted by Gasteiger charge is -2.11. The second kappa shape index (κ2) is 4.75. The molecule has 0 fully saturated rings. The second-order valence-corrected chi connectivity index (χ2v) is 4.72. The van der Waals surface area contributed by atoms with E-state index in [2.05, 4.69) is 70.5 Å². The molecule has 0 aliphatic carbocycles.